The largest absolute Gasteiger partial charge is 0.493 e. The molecule has 142 valence electrons. The number of nitrogens with zero attached hydrogens (tertiary/aromatic N) is 1. The van der Waals surface area contributed by atoms with E-state index in [1.807, 2.05) is 18.2 Å². The molecule has 0 fully saturated rings. The smallest absolute Gasteiger partial charge is 0.315 e. The quantitative estimate of drug-likeness (QED) is 0.775. The molecule has 0 aliphatic heterocycles. The van der Waals surface area contributed by atoms with Crippen LogP contribution in [0.15, 0.2) is 23.6 Å². The minimum absolute atomic E-state index is 0.0545. The topological polar surface area (TPSA) is 72.5 Å². The molecule has 26 heavy (non-hydrogen) atoms. The lowest BCUT2D eigenvalue weighted by Gasteiger charge is -2.14. The van der Waals surface area contributed by atoms with Crippen LogP contribution in [-0.4, -0.2) is 31.8 Å². The Hall–Kier alpha value is -2.28. The van der Waals surface area contributed by atoms with Gasteiger partial charge in [-0.05, 0) is 17.7 Å². The molecule has 0 radical (unpaired) electrons. The van der Waals surface area contributed by atoms with E-state index in [0.29, 0.717) is 24.6 Å². The Kier molecular flexibility index (Phi) is 6.85. The second-order valence-electron chi connectivity index (χ2n) is 6.93. The summed E-state index contributed by atoms with van der Waals surface area (Å²) < 4.78 is 10.5. The molecule has 2 N–H and O–H groups in total. The molecule has 0 saturated heterocycles. The molecule has 0 bridgehead atoms. The maximum absolute atomic E-state index is 12.0. The Bertz CT molecular complexity index is 738. The number of amides is 2. The fourth-order valence-corrected chi connectivity index (χ4v) is 3.31. The number of ether oxygens (including phenoxy) is 2. The van der Waals surface area contributed by atoms with Crippen LogP contribution in [0.3, 0.4) is 0 Å². The summed E-state index contributed by atoms with van der Waals surface area (Å²) in [5.74, 6) is 1.31. The van der Waals surface area contributed by atoms with E-state index in [0.717, 1.165) is 22.7 Å². The predicted octanol–water partition coefficient (Wildman–Crippen LogP) is 3.50. The second-order valence-corrected chi connectivity index (χ2v) is 7.87. The van der Waals surface area contributed by atoms with E-state index in [2.05, 4.69) is 41.8 Å². The minimum Gasteiger partial charge on any atom is -0.493 e. The minimum atomic E-state index is -0.201. The summed E-state index contributed by atoms with van der Waals surface area (Å²) in [7, 11) is 3.18. The lowest BCUT2D eigenvalue weighted by atomic mass is 9.93. The van der Waals surface area contributed by atoms with Crippen LogP contribution in [-0.2, 0) is 18.4 Å². The zero-order chi connectivity index (χ0) is 19.2. The zero-order valence-corrected chi connectivity index (χ0v) is 16.8. The van der Waals surface area contributed by atoms with Crippen molar-refractivity contribution in [2.75, 3.05) is 20.8 Å². The highest BCUT2D eigenvalue weighted by Gasteiger charge is 2.17. The van der Waals surface area contributed by atoms with E-state index in [-0.39, 0.29) is 11.4 Å². The van der Waals surface area contributed by atoms with E-state index in [1.54, 1.807) is 25.6 Å². The van der Waals surface area contributed by atoms with Crippen LogP contribution >= 0.6 is 11.3 Å². The molecule has 6 nitrogen and oxygen atoms in total. The van der Waals surface area contributed by atoms with Crippen molar-refractivity contribution < 1.29 is 14.3 Å². The summed E-state index contributed by atoms with van der Waals surface area (Å²) in [5, 5.41) is 8.83. The number of methoxy groups -OCH3 is 2. The van der Waals surface area contributed by atoms with Gasteiger partial charge in [-0.25, -0.2) is 9.78 Å². The molecule has 0 unspecified atom stereocenters. The molecule has 0 aliphatic carbocycles. The number of rotatable bonds is 7. The number of carbonyl (C=O) groups excluding carboxylic acids is 1. The van der Waals surface area contributed by atoms with Crippen LogP contribution < -0.4 is 20.1 Å². The number of nitrogens with one attached hydrogen (secondary N) is 2. The van der Waals surface area contributed by atoms with Gasteiger partial charge in [-0.15, -0.1) is 11.3 Å². The lowest BCUT2D eigenvalue weighted by Crippen LogP contribution is -2.36. The summed E-state index contributed by atoms with van der Waals surface area (Å²) in [5.41, 5.74) is 2.09. The number of aromatic nitrogens is 1. The van der Waals surface area contributed by atoms with Crippen molar-refractivity contribution in [1.29, 1.82) is 0 Å². The average molecular weight is 378 g/mol. The van der Waals surface area contributed by atoms with Gasteiger partial charge in [0.1, 0.15) is 0 Å². The van der Waals surface area contributed by atoms with Gasteiger partial charge in [0.2, 0.25) is 0 Å². The monoisotopic (exact) mass is 377 g/mol. The molecule has 0 atom stereocenters. The molecule has 2 aromatic rings. The van der Waals surface area contributed by atoms with Crippen molar-refractivity contribution in [3.05, 3.63) is 39.8 Å². The predicted molar refractivity (Wildman–Crippen MR) is 104 cm³/mol. The van der Waals surface area contributed by atoms with Gasteiger partial charge in [0.15, 0.2) is 11.5 Å². The van der Waals surface area contributed by atoms with Gasteiger partial charge in [0, 0.05) is 30.3 Å². The van der Waals surface area contributed by atoms with Crippen molar-refractivity contribution in [2.24, 2.45) is 0 Å². The van der Waals surface area contributed by atoms with E-state index < -0.39 is 0 Å². The third-order valence-corrected chi connectivity index (χ3v) is 4.75. The van der Waals surface area contributed by atoms with Gasteiger partial charge in [0.25, 0.3) is 0 Å². The summed E-state index contributed by atoms with van der Waals surface area (Å²) in [6.45, 7) is 7.40. The highest BCUT2D eigenvalue weighted by molar-refractivity contribution is 7.09. The number of carbonyl (C=O) groups is 1. The van der Waals surface area contributed by atoms with E-state index in [4.69, 9.17) is 9.47 Å². The molecule has 2 amide bonds. The second kappa shape index (κ2) is 8.89. The average Bonchev–Trinajstić information content (AvgIpc) is 3.09. The van der Waals surface area contributed by atoms with Gasteiger partial charge in [-0.1, -0.05) is 26.8 Å². The summed E-state index contributed by atoms with van der Waals surface area (Å²) >= 11 is 1.64. The first-order valence-electron chi connectivity index (χ1n) is 8.51. The number of hydrogen-bond acceptors (Lipinski definition) is 5. The summed E-state index contributed by atoms with van der Waals surface area (Å²) in [6.07, 6.45) is 0.727. The first-order chi connectivity index (χ1) is 12.3. The molecular weight excluding hydrogens is 350 g/mol. The Balaban J connectivity index is 1.76. The molecule has 0 aliphatic rings. The van der Waals surface area contributed by atoms with Crippen LogP contribution in [0, 0.1) is 0 Å². The fraction of sp³-hybridized carbons (Fsp3) is 0.474. The van der Waals surface area contributed by atoms with Crippen molar-refractivity contribution in [1.82, 2.24) is 15.6 Å². The van der Waals surface area contributed by atoms with Crippen molar-refractivity contribution in [3.8, 4) is 11.5 Å². The first kappa shape index (κ1) is 20.0. The highest BCUT2D eigenvalue weighted by Crippen LogP contribution is 2.27. The Labute approximate surface area is 158 Å². The summed E-state index contributed by atoms with van der Waals surface area (Å²) in [6, 6.07) is 5.36. The molecule has 1 heterocycles. The maximum atomic E-state index is 12.0. The number of hydrogen-bond donors (Lipinski definition) is 2. The van der Waals surface area contributed by atoms with Gasteiger partial charge in [0.05, 0.1) is 24.9 Å². The Morgan fingerprint density at radius 2 is 1.88 bits per heavy atom. The van der Waals surface area contributed by atoms with Crippen LogP contribution in [0.5, 0.6) is 11.5 Å². The van der Waals surface area contributed by atoms with Crippen molar-refractivity contribution in [2.45, 2.75) is 39.2 Å². The van der Waals surface area contributed by atoms with Gasteiger partial charge >= 0.3 is 6.03 Å². The maximum Gasteiger partial charge on any atom is 0.315 e. The molecular formula is C19H27N3O3S. The van der Waals surface area contributed by atoms with Crippen LogP contribution in [0.1, 0.15) is 37.0 Å². The van der Waals surface area contributed by atoms with E-state index in [9.17, 15) is 4.79 Å². The normalized spacial score (nSPS) is 11.1. The molecule has 0 spiro atoms. The molecule has 0 saturated carbocycles. The van der Waals surface area contributed by atoms with Crippen molar-refractivity contribution >= 4 is 17.4 Å². The third-order valence-electron chi connectivity index (χ3n) is 3.85. The molecule has 7 heteroatoms. The lowest BCUT2D eigenvalue weighted by molar-refractivity contribution is 0.240. The zero-order valence-electron chi connectivity index (χ0n) is 16.0. The fourth-order valence-electron chi connectivity index (χ4n) is 2.29. The number of thiazole rings is 1. The highest BCUT2D eigenvalue weighted by atomic mass is 32.1. The molecule has 2 rings (SSSR count). The first-order valence-corrected chi connectivity index (χ1v) is 9.39. The Morgan fingerprint density at radius 1 is 1.15 bits per heavy atom. The Morgan fingerprint density at radius 3 is 2.50 bits per heavy atom. The third kappa shape index (κ3) is 5.62. The van der Waals surface area contributed by atoms with Gasteiger partial charge in [-0.3, -0.25) is 0 Å². The van der Waals surface area contributed by atoms with Gasteiger partial charge in [-0.2, -0.15) is 0 Å². The van der Waals surface area contributed by atoms with Crippen LogP contribution in [0.4, 0.5) is 4.79 Å². The number of urea groups is 1. The SMILES string of the molecule is COc1ccc(CNC(=O)NCCc2nc(C(C)(C)C)cs2)cc1OC. The molecule has 1 aromatic carbocycles. The van der Waals surface area contributed by atoms with E-state index >= 15 is 0 Å². The summed E-state index contributed by atoms with van der Waals surface area (Å²) in [4.78, 5) is 16.6. The van der Waals surface area contributed by atoms with Crippen LogP contribution in [0.2, 0.25) is 0 Å². The van der Waals surface area contributed by atoms with E-state index in [1.165, 1.54) is 0 Å². The molecule has 1 aromatic heterocycles. The van der Waals surface area contributed by atoms with Gasteiger partial charge < -0.3 is 20.1 Å². The van der Waals surface area contributed by atoms with Crippen molar-refractivity contribution in [3.63, 3.8) is 0 Å². The number of benzene rings is 1. The van der Waals surface area contributed by atoms with Crippen LogP contribution in [0.25, 0.3) is 0 Å². The standard InChI is InChI=1S/C19H27N3O3S/c1-19(2,3)16-12-26-17(22-16)8-9-20-18(23)21-11-13-6-7-14(24-4)15(10-13)25-5/h6-7,10,12H,8-9,11H2,1-5H3,(H2,20,21,23).